The fourth-order valence-electron chi connectivity index (χ4n) is 0.702. The summed E-state index contributed by atoms with van der Waals surface area (Å²) in [7, 11) is 4.01. The van der Waals surface area contributed by atoms with E-state index in [0.717, 1.165) is 12.1 Å². The van der Waals surface area contributed by atoms with E-state index in [2.05, 4.69) is 31.7 Å². The van der Waals surface area contributed by atoms with Crippen molar-refractivity contribution in [3.05, 3.63) is 36.6 Å². The quantitative estimate of drug-likeness (QED) is 0.558. The van der Waals surface area contributed by atoms with E-state index >= 15 is 0 Å². The third-order valence-corrected chi connectivity index (χ3v) is 1.36. The van der Waals surface area contributed by atoms with Gasteiger partial charge in [-0.2, -0.15) is 0 Å². The number of hydrogen-bond donors (Lipinski definition) is 0. The first kappa shape index (κ1) is 10.0. The fraction of sp³-hybridized carbons (Fsp3) is 0.400. The van der Waals surface area contributed by atoms with Gasteiger partial charge in [0.2, 0.25) is 0 Å². The molecule has 0 aliphatic heterocycles. The molecule has 0 aliphatic rings. The van der Waals surface area contributed by atoms with Gasteiger partial charge in [-0.15, -0.1) is 0 Å². The molecule has 0 unspecified atom stereocenters. The topological polar surface area (TPSA) is 3.24 Å². The fourth-order valence-corrected chi connectivity index (χ4v) is 0.702. The molecule has 0 rings (SSSR count). The average molecular weight is 151 g/mol. The Balaban J connectivity index is 4.12. The Hall–Kier alpha value is -0.980. The van der Waals surface area contributed by atoms with Crippen LogP contribution in [0.5, 0.6) is 0 Å². The molecule has 0 aliphatic carbocycles. The van der Waals surface area contributed by atoms with Crippen LogP contribution in [-0.4, -0.2) is 19.0 Å². The maximum Gasteiger partial charge on any atom is 0.0354 e. The van der Waals surface area contributed by atoms with Gasteiger partial charge in [0.25, 0.3) is 0 Å². The molecule has 1 heteroatoms. The first-order valence-corrected chi connectivity index (χ1v) is 3.89. The predicted octanol–water partition coefficient (Wildman–Crippen LogP) is 2.58. The van der Waals surface area contributed by atoms with Crippen molar-refractivity contribution in [2.24, 2.45) is 0 Å². The van der Waals surface area contributed by atoms with E-state index in [1.54, 1.807) is 0 Å². The molecule has 11 heavy (non-hydrogen) atoms. The van der Waals surface area contributed by atoms with Gasteiger partial charge in [-0.25, -0.2) is 0 Å². The Morgan fingerprint density at radius 1 is 1.45 bits per heavy atom. The summed E-state index contributed by atoms with van der Waals surface area (Å²) in [5.74, 6) is 0. The third-order valence-electron chi connectivity index (χ3n) is 1.36. The molecule has 0 aromatic heterocycles. The molecule has 0 bridgehead atoms. The maximum atomic E-state index is 3.72. The molecule has 0 aromatic carbocycles. The molecule has 0 atom stereocenters. The zero-order chi connectivity index (χ0) is 8.69. The number of hydrogen-bond acceptors (Lipinski definition) is 1. The predicted molar refractivity (Wildman–Crippen MR) is 51.4 cm³/mol. The molecule has 0 spiro atoms. The van der Waals surface area contributed by atoms with Gasteiger partial charge in [-0.1, -0.05) is 25.7 Å². The van der Waals surface area contributed by atoms with Crippen molar-refractivity contribution >= 4 is 0 Å². The van der Waals surface area contributed by atoms with E-state index in [1.165, 1.54) is 0 Å². The van der Waals surface area contributed by atoms with Crippen molar-refractivity contribution < 1.29 is 0 Å². The van der Waals surface area contributed by atoms with Gasteiger partial charge in [0.1, 0.15) is 0 Å². The van der Waals surface area contributed by atoms with Crippen LogP contribution in [0.4, 0.5) is 0 Å². The molecular weight excluding hydrogens is 134 g/mol. The Morgan fingerprint density at radius 2 is 2.09 bits per heavy atom. The lowest BCUT2D eigenvalue weighted by Crippen LogP contribution is -2.08. The van der Waals surface area contributed by atoms with Crippen LogP contribution in [0, 0.1) is 0 Å². The number of allylic oxidation sites excluding steroid dienone is 4. The Bertz CT molecular complexity index is 164. The highest BCUT2D eigenvalue weighted by molar-refractivity contribution is 5.20. The molecule has 0 N–H and O–H groups in total. The normalized spacial score (nSPS) is 12.1. The third kappa shape index (κ3) is 4.43. The Morgan fingerprint density at radius 3 is 2.45 bits per heavy atom. The monoisotopic (exact) mass is 151 g/mol. The zero-order valence-corrected chi connectivity index (χ0v) is 7.67. The van der Waals surface area contributed by atoms with Crippen LogP contribution in [0.2, 0.25) is 0 Å². The first-order chi connectivity index (χ1) is 5.22. The first-order valence-electron chi connectivity index (χ1n) is 3.89. The smallest absolute Gasteiger partial charge is 0.0354 e. The van der Waals surface area contributed by atoms with Crippen LogP contribution in [0.1, 0.15) is 13.3 Å². The van der Waals surface area contributed by atoms with Gasteiger partial charge in [-0.05, 0) is 18.6 Å². The van der Waals surface area contributed by atoms with Gasteiger partial charge < -0.3 is 4.90 Å². The summed E-state index contributed by atoms with van der Waals surface area (Å²) in [5, 5.41) is 0. The second-order valence-corrected chi connectivity index (χ2v) is 2.53. The molecule has 62 valence electrons. The lowest BCUT2D eigenvalue weighted by atomic mass is 10.3. The van der Waals surface area contributed by atoms with Crippen molar-refractivity contribution in [2.75, 3.05) is 14.1 Å². The summed E-state index contributed by atoms with van der Waals surface area (Å²) in [5.41, 5.74) is 1.13. The zero-order valence-electron chi connectivity index (χ0n) is 7.67. The minimum Gasteiger partial charge on any atom is -0.378 e. The second kappa shape index (κ2) is 5.78. The largest absolute Gasteiger partial charge is 0.378 e. The van der Waals surface area contributed by atoms with E-state index in [4.69, 9.17) is 0 Å². The van der Waals surface area contributed by atoms with Crippen LogP contribution < -0.4 is 0 Å². The highest BCUT2D eigenvalue weighted by Crippen LogP contribution is 1.99. The molecule has 0 amide bonds. The van der Waals surface area contributed by atoms with Gasteiger partial charge in [0.15, 0.2) is 0 Å². The van der Waals surface area contributed by atoms with E-state index in [0.29, 0.717) is 0 Å². The molecular formula is C10H17N. The summed E-state index contributed by atoms with van der Waals surface area (Å²) in [6, 6.07) is 0. The summed E-state index contributed by atoms with van der Waals surface area (Å²) in [4.78, 5) is 2.03. The van der Waals surface area contributed by atoms with Crippen molar-refractivity contribution in [1.29, 1.82) is 0 Å². The lowest BCUT2D eigenvalue weighted by molar-refractivity contribution is 0.530. The lowest BCUT2D eigenvalue weighted by Gasteiger charge is -2.11. The summed E-state index contributed by atoms with van der Waals surface area (Å²) < 4.78 is 0. The minimum absolute atomic E-state index is 1.08. The van der Waals surface area contributed by atoms with Gasteiger partial charge in [0.05, 0.1) is 0 Å². The highest BCUT2D eigenvalue weighted by atomic mass is 15.1. The van der Waals surface area contributed by atoms with Crippen LogP contribution in [0.25, 0.3) is 0 Å². The average Bonchev–Trinajstić information content (AvgIpc) is 1.97. The van der Waals surface area contributed by atoms with Crippen molar-refractivity contribution in [2.45, 2.75) is 13.3 Å². The Labute approximate surface area is 69.7 Å². The van der Waals surface area contributed by atoms with Crippen LogP contribution >= 0.6 is 0 Å². The van der Waals surface area contributed by atoms with Gasteiger partial charge in [0, 0.05) is 19.8 Å². The number of rotatable bonds is 4. The number of nitrogens with zero attached hydrogens (tertiary/aromatic N) is 1. The molecule has 0 radical (unpaired) electrons. The van der Waals surface area contributed by atoms with E-state index in [9.17, 15) is 0 Å². The molecule has 0 heterocycles. The van der Waals surface area contributed by atoms with E-state index in [1.807, 2.05) is 25.1 Å². The number of likely N-dealkylation sites (N-methyl/N-ethyl adjacent to an activating group) is 1. The van der Waals surface area contributed by atoms with Crippen LogP contribution in [0.15, 0.2) is 36.6 Å². The van der Waals surface area contributed by atoms with Gasteiger partial charge >= 0.3 is 0 Å². The molecule has 0 aromatic rings. The summed E-state index contributed by atoms with van der Waals surface area (Å²) >= 11 is 0. The molecule has 0 saturated heterocycles. The van der Waals surface area contributed by atoms with Crippen molar-refractivity contribution in [3.8, 4) is 0 Å². The van der Waals surface area contributed by atoms with Crippen LogP contribution in [0.3, 0.4) is 0 Å². The second-order valence-electron chi connectivity index (χ2n) is 2.53. The minimum atomic E-state index is 1.08. The maximum absolute atomic E-state index is 3.72. The van der Waals surface area contributed by atoms with Crippen molar-refractivity contribution in [1.82, 2.24) is 4.90 Å². The summed E-state index contributed by atoms with van der Waals surface area (Å²) in [6.45, 7) is 5.84. The SMILES string of the molecule is C=C/C(=C\C=C/CC)N(C)C. The molecule has 0 fully saturated rings. The highest BCUT2D eigenvalue weighted by Gasteiger charge is 1.88. The standard InChI is InChI=1S/C10H17N/c1-5-7-8-9-10(6-2)11(3)4/h6-9H,2,5H2,1,3-4H3/b8-7-,10-9+. The Kier molecular flexibility index (Phi) is 5.26. The van der Waals surface area contributed by atoms with Crippen LogP contribution in [-0.2, 0) is 0 Å². The molecule has 0 saturated carbocycles. The van der Waals surface area contributed by atoms with E-state index < -0.39 is 0 Å². The van der Waals surface area contributed by atoms with Gasteiger partial charge in [-0.3, -0.25) is 0 Å². The molecule has 1 nitrogen and oxygen atoms in total. The summed E-state index contributed by atoms with van der Waals surface area (Å²) in [6.07, 6.45) is 9.15. The van der Waals surface area contributed by atoms with E-state index in [-0.39, 0.29) is 0 Å². The van der Waals surface area contributed by atoms with Crippen molar-refractivity contribution in [3.63, 3.8) is 0 Å².